The minimum Gasteiger partial charge on any atom is -0.323 e. The molecule has 4 fully saturated rings. The van der Waals surface area contributed by atoms with Gasteiger partial charge in [0.2, 0.25) is 5.91 Å². The number of nitrogens with one attached hydrogen (secondary N) is 1. The topological polar surface area (TPSA) is 77.6 Å². The van der Waals surface area contributed by atoms with Gasteiger partial charge in [-0.05, 0) is 62.5 Å². The van der Waals surface area contributed by atoms with Crippen LogP contribution in [0.4, 0.5) is 5.69 Å². The number of aromatic nitrogens is 5. The third-order valence-electron chi connectivity index (χ3n) is 7.06. The number of nitrogens with zero attached hydrogens (tertiary/aromatic N) is 5. The maximum absolute atomic E-state index is 13.3. The first-order valence-corrected chi connectivity index (χ1v) is 11.1. The molecule has 1 amide bonds. The second-order valence-electron chi connectivity index (χ2n) is 9.33. The predicted octanol–water partition coefficient (Wildman–Crippen LogP) is 3.81. The highest BCUT2D eigenvalue weighted by Crippen LogP contribution is 2.64. The summed E-state index contributed by atoms with van der Waals surface area (Å²) in [7, 11) is 0. The Hall–Kier alpha value is -2.22. The SMILES string of the molecule is O=C(Nc1cnn(Cn2nnc3ccccc32)c1)C12C[C@@H]3C[C@@H](CC(Br)(C3)C1)C2. The van der Waals surface area contributed by atoms with E-state index in [0.717, 1.165) is 36.0 Å². The molecule has 2 heterocycles. The van der Waals surface area contributed by atoms with Crippen molar-refractivity contribution in [1.82, 2.24) is 24.8 Å². The average molecular weight is 455 g/mol. The molecule has 4 atom stereocenters. The van der Waals surface area contributed by atoms with Gasteiger partial charge in [0, 0.05) is 4.32 Å². The molecule has 0 spiro atoms. The van der Waals surface area contributed by atoms with Crippen molar-refractivity contribution < 1.29 is 4.79 Å². The van der Waals surface area contributed by atoms with Crippen LogP contribution in [0.15, 0.2) is 36.7 Å². The van der Waals surface area contributed by atoms with Crippen LogP contribution < -0.4 is 5.32 Å². The van der Waals surface area contributed by atoms with Gasteiger partial charge in [0.25, 0.3) is 0 Å². The lowest BCUT2D eigenvalue weighted by molar-refractivity contribution is -0.138. The number of hydrogen-bond donors (Lipinski definition) is 1. The lowest BCUT2D eigenvalue weighted by Crippen LogP contribution is -2.57. The van der Waals surface area contributed by atoms with Crippen LogP contribution in [-0.2, 0) is 11.5 Å². The van der Waals surface area contributed by atoms with Gasteiger partial charge in [-0.15, -0.1) is 5.10 Å². The molecule has 2 unspecified atom stereocenters. The Balaban J connectivity index is 1.19. The number of fused-ring (bicyclic) bond motifs is 1. The summed E-state index contributed by atoms with van der Waals surface area (Å²) in [6.07, 6.45) is 10.4. The summed E-state index contributed by atoms with van der Waals surface area (Å²) >= 11 is 3.99. The first-order chi connectivity index (χ1) is 14.0. The summed E-state index contributed by atoms with van der Waals surface area (Å²) in [5.74, 6) is 1.54. The van der Waals surface area contributed by atoms with Crippen LogP contribution in [0.2, 0.25) is 0 Å². The molecule has 7 nitrogen and oxygen atoms in total. The number of rotatable bonds is 4. The molecule has 4 saturated carbocycles. The van der Waals surface area contributed by atoms with E-state index in [0.29, 0.717) is 18.5 Å². The summed E-state index contributed by atoms with van der Waals surface area (Å²) in [5.41, 5.74) is 2.35. The highest BCUT2D eigenvalue weighted by atomic mass is 79.9. The van der Waals surface area contributed by atoms with Gasteiger partial charge in [0.05, 0.1) is 29.0 Å². The van der Waals surface area contributed by atoms with E-state index >= 15 is 0 Å². The molecule has 0 aliphatic heterocycles. The monoisotopic (exact) mass is 454 g/mol. The Labute approximate surface area is 177 Å². The molecule has 1 aromatic carbocycles. The van der Waals surface area contributed by atoms with E-state index in [1.54, 1.807) is 10.9 Å². The molecule has 29 heavy (non-hydrogen) atoms. The summed E-state index contributed by atoms with van der Waals surface area (Å²) in [5, 5.41) is 16.0. The van der Waals surface area contributed by atoms with E-state index in [-0.39, 0.29) is 15.6 Å². The van der Waals surface area contributed by atoms with E-state index < -0.39 is 0 Å². The van der Waals surface area contributed by atoms with E-state index in [1.165, 1.54) is 19.3 Å². The third kappa shape index (κ3) is 2.91. The standard InChI is InChI=1S/C21H23BrN6O/c22-21-8-14-5-15(9-21)7-20(6-14,12-21)19(29)24-16-10-23-27(11-16)13-28-18-4-2-1-3-17(18)25-26-28/h1-4,10-11,14-15H,5-9,12-13H2,(H,24,29)/t14-,15+,20?,21?. The zero-order valence-electron chi connectivity index (χ0n) is 16.1. The van der Waals surface area contributed by atoms with Crippen molar-refractivity contribution in [2.75, 3.05) is 5.32 Å². The van der Waals surface area contributed by atoms with Crippen LogP contribution in [0.1, 0.15) is 38.5 Å². The van der Waals surface area contributed by atoms with Gasteiger partial charge < -0.3 is 5.32 Å². The van der Waals surface area contributed by atoms with Crippen molar-refractivity contribution in [3.05, 3.63) is 36.7 Å². The van der Waals surface area contributed by atoms with Crippen molar-refractivity contribution in [1.29, 1.82) is 0 Å². The molecule has 7 rings (SSSR count). The maximum Gasteiger partial charge on any atom is 0.230 e. The van der Waals surface area contributed by atoms with Gasteiger partial charge in [-0.3, -0.25) is 4.79 Å². The summed E-state index contributed by atoms with van der Waals surface area (Å²) in [6.45, 7) is 0.455. The first kappa shape index (κ1) is 17.6. The van der Waals surface area contributed by atoms with Crippen LogP contribution in [-0.4, -0.2) is 35.0 Å². The lowest BCUT2D eigenvalue weighted by atomic mass is 9.49. The molecule has 1 N–H and O–H groups in total. The van der Waals surface area contributed by atoms with E-state index in [4.69, 9.17) is 0 Å². The van der Waals surface area contributed by atoms with Gasteiger partial charge in [-0.1, -0.05) is 33.3 Å². The van der Waals surface area contributed by atoms with Crippen LogP contribution in [0.25, 0.3) is 11.0 Å². The number of carbonyl (C=O) groups excluding carboxylic acids is 1. The number of para-hydroxylation sites is 1. The van der Waals surface area contributed by atoms with Crippen LogP contribution in [0.3, 0.4) is 0 Å². The molecule has 2 aromatic heterocycles. The summed E-state index contributed by atoms with van der Waals surface area (Å²) in [6, 6.07) is 7.85. The van der Waals surface area contributed by atoms with Gasteiger partial charge in [0.15, 0.2) is 0 Å². The number of benzene rings is 1. The Kier molecular flexibility index (Phi) is 3.73. The Bertz CT molecular complexity index is 1090. The number of alkyl halides is 1. The molecule has 4 bridgehead atoms. The van der Waals surface area contributed by atoms with E-state index in [2.05, 4.69) is 36.7 Å². The number of carbonyl (C=O) groups is 1. The van der Waals surface area contributed by atoms with Crippen LogP contribution in [0.5, 0.6) is 0 Å². The molecule has 3 aromatic rings. The quantitative estimate of drug-likeness (QED) is 0.607. The predicted molar refractivity (Wildman–Crippen MR) is 113 cm³/mol. The summed E-state index contributed by atoms with van der Waals surface area (Å²) in [4.78, 5) is 13.3. The fourth-order valence-electron chi connectivity index (χ4n) is 6.34. The molecule has 0 saturated heterocycles. The number of hydrogen-bond acceptors (Lipinski definition) is 4. The number of anilines is 1. The van der Waals surface area contributed by atoms with E-state index in [9.17, 15) is 4.79 Å². The second-order valence-corrected chi connectivity index (χ2v) is 11.0. The third-order valence-corrected chi connectivity index (χ3v) is 7.99. The fourth-order valence-corrected chi connectivity index (χ4v) is 7.80. The van der Waals surface area contributed by atoms with Crippen molar-refractivity contribution in [3.8, 4) is 0 Å². The molecular weight excluding hydrogens is 432 g/mol. The largest absolute Gasteiger partial charge is 0.323 e. The highest BCUT2D eigenvalue weighted by Gasteiger charge is 2.59. The molecule has 4 aliphatic carbocycles. The average Bonchev–Trinajstić information content (AvgIpc) is 3.27. The van der Waals surface area contributed by atoms with E-state index in [1.807, 2.05) is 35.1 Å². The highest BCUT2D eigenvalue weighted by molar-refractivity contribution is 9.10. The molecule has 150 valence electrons. The minimum atomic E-state index is -0.224. The molecular formula is C21H23BrN6O. The van der Waals surface area contributed by atoms with Crippen molar-refractivity contribution in [2.45, 2.75) is 49.5 Å². The summed E-state index contributed by atoms with van der Waals surface area (Å²) < 4.78 is 3.76. The molecule has 8 heteroatoms. The zero-order chi connectivity index (χ0) is 19.6. The van der Waals surface area contributed by atoms with Crippen molar-refractivity contribution in [3.63, 3.8) is 0 Å². The smallest absolute Gasteiger partial charge is 0.230 e. The second kappa shape index (κ2) is 6.14. The van der Waals surface area contributed by atoms with Gasteiger partial charge >= 0.3 is 0 Å². The molecule has 4 aliphatic rings. The lowest BCUT2D eigenvalue weighted by Gasteiger charge is -2.59. The number of amides is 1. The normalized spacial score (nSPS) is 32.7. The van der Waals surface area contributed by atoms with Crippen LogP contribution in [0, 0.1) is 17.3 Å². The first-order valence-electron chi connectivity index (χ1n) is 10.3. The molecule has 0 radical (unpaired) electrons. The van der Waals surface area contributed by atoms with Gasteiger partial charge in [0.1, 0.15) is 12.2 Å². The van der Waals surface area contributed by atoms with Gasteiger partial charge in [-0.25, -0.2) is 9.36 Å². The Morgan fingerprint density at radius 1 is 1.21 bits per heavy atom. The minimum absolute atomic E-state index is 0.168. The Morgan fingerprint density at radius 2 is 2.00 bits per heavy atom. The fraction of sp³-hybridized carbons (Fsp3) is 0.524. The van der Waals surface area contributed by atoms with Gasteiger partial charge in [-0.2, -0.15) is 5.10 Å². The van der Waals surface area contributed by atoms with Crippen LogP contribution >= 0.6 is 15.9 Å². The van der Waals surface area contributed by atoms with Crippen molar-refractivity contribution >= 4 is 38.6 Å². The van der Waals surface area contributed by atoms with Crippen molar-refractivity contribution in [2.24, 2.45) is 17.3 Å². The maximum atomic E-state index is 13.3. The zero-order valence-corrected chi connectivity index (χ0v) is 17.7. The number of halogens is 1. The Morgan fingerprint density at radius 3 is 2.79 bits per heavy atom.